The number of ether oxygens (including phenoxy) is 1. The molecule has 27 heavy (non-hydrogen) atoms. The monoisotopic (exact) mass is 440 g/mol. The molecular formula is C18H25BrN4O4. The summed E-state index contributed by atoms with van der Waals surface area (Å²) in [6.07, 6.45) is 2.07. The normalized spacial score (nSPS) is 19.2. The van der Waals surface area contributed by atoms with Crippen molar-refractivity contribution >= 4 is 33.2 Å². The number of nitro groups is 1. The molecule has 2 saturated heterocycles. The highest BCUT2D eigenvalue weighted by atomic mass is 79.9. The van der Waals surface area contributed by atoms with Gasteiger partial charge in [-0.3, -0.25) is 19.8 Å². The third-order valence-corrected chi connectivity index (χ3v) is 6.16. The molecule has 0 aromatic heterocycles. The first-order chi connectivity index (χ1) is 12.9. The number of carbonyl (C=O) groups is 1. The molecule has 1 aromatic carbocycles. The van der Waals surface area contributed by atoms with Crippen LogP contribution < -0.4 is 9.64 Å². The molecule has 3 rings (SSSR count). The van der Waals surface area contributed by atoms with Gasteiger partial charge in [0.15, 0.2) is 5.75 Å². The Hall–Kier alpha value is -1.87. The highest BCUT2D eigenvalue weighted by Gasteiger charge is 2.29. The number of anilines is 1. The van der Waals surface area contributed by atoms with Gasteiger partial charge in [-0.1, -0.05) is 0 Å². The second-order valence-electron chi connectivity index (χ2n) is 6.99. The van der Waals surface area contributed by atoms with E-state index in [0.29, 0.717) is 10.5 Å². The van der Waals surface area contributed by atoms with Gasteiger partial charge in [0, 0.05) is 68.8 Å². The van der Waals surface area contributed by atoms with Gasteiger partial charge < -0.3 is 14.5 Å². The number of nitro benzene ring substituents is 1. The van der Waals surface area contributed by atoms with Gasteiger partial charge in [0.05, 0.1) is 17.7 Å². The van der Waals surface area contributed by atoms with Crippen LogP contribution in [-0.4, -0.2) is 73.1 Å². The molecule has 0 spiro atoms. The van der Waals surface area contributed by atoms with Gasteiger partial charge >= 0.3 is 5.69 Å². The van der Waals surface area contributed by atoms with Gasteiger partial charge in [-0.2, -0.15) is 0 Å². The van der Waals surface area contributed by atoms with E-state index in [9.17, 15) is 14.9 Å². The molecule has 8 nitrogen and oxygen atoms in total. The topological polar surface area (TPSA) is 79.2 Å². The molecule has 0 unspecified atom stereocenters. The highest BCUT2D eigenvalue weighted by molar-refractivity contribution is 9.10. The number of hydrogen-bond donors (Lipinski definition) is 0. The first-order valence-electron chi connectivity index (χ1n) is 9.17. The number of rotatable bonds is 4. The summed E-state index contributed by atoms with van der Waals surface area (Å²) >= 11 is 3.48. The fraction of sp³-hybridized carbons (Fsp3) is 0.611. The number of halogens is 1. The van der Waals surface area contributed by atoms with Crippen LogP contribution in [-0.2, 0) is 4.79 Å². The SMILES string of the molecule is COc1cc(N2CCC(N3CCN(C(C)=O)CC3)CC2)c(Br)cc1[N+](=O)[O-]. The van der Waals surface area contributed by atoms with Crippen molar-refractivity contribution in [1.82, 2.24) is 9.80 Å². The molecule has 1 aromatic rings. The predicted octanol–water partition coefficient (Wildman–Crippen LogP) is 2.50. The number of amides is 1. The van der Waals surface area contributed by atoms with E-state index in [-0.39, 0.29) is 17.3 Å². The standard InChI is InChI=1S/C18H25BrN4O4/c1-13(24)20-7-9-21(10-8-20)14-3-5-22(6-4-14)16-12-18(27-2)17(23(25)26)11-15(16)19/h11-12,14H,3-10H2,1-2H3. The molecule has 0 bridgehead atoms. The van der Waals surface area contributed by atoms with Crippen molar-refractivity contribution in [3.63, 3.8) is 0 Å². The molecule has 0 atom stereocenters. The molecular weight excluding hydrogens is 416 g/mol. The van der Waals surface area contributed by atoms with E-state index >= 15 is 0 Å². The Morgan fingerprint density at radius 1 is 1.19 bits per heavy atom. The zero-order chi connectivity index (χ0) is 19.6. The smallest absolute Gasteiger partial charge is 0.312 e. The average molecular weight is 441 g/mol. The number of carbonyl (C=O) groups excluding carboxylic acids is 1. The van der Waals surface area contributed by atoms with Gasteiger partial charge in [-0.05, 0) is 28.8 Å². The minimum Gasteiger partial charge on any atom is -0.490 e. The second kappa shape index (κ2) is 8.43. The number of nitrogens with zero attached hydrogens (tertiary/aromatic N) is 4. The summed E-state index contributed by atoms with van der Waals surface area (Å²) in [5.41, 5.74) is 0.892. The molecule has 0 aliphatic carbocycles. The largest absolute Gasteiger partial charge is 0.490 e. The van der Waals surface area contributed by atoms with Gasteiger partial charge in [0.25, 0.3) is 0 Å². The van der Waals surface area contributed by atoms with Crippen LogP contribution in [0.3, 0.4) is 0 Å². The van der Waals surface area contributed by atoms with Crippen LogP contribution in [0.15, 0.2) is 16.6 Å². The zero-order valence-corrected chi connectivity index (χ0v) is 17.3. The molecule has 2 aliphatic heterocycles. The molecule has 0 saturated carbocycles. The van der Waals surface area contributed by atoms with Crippen molar-refractivity contribution in [2.75, 3.05) is 51.3 Å². The molecule has 0 radical (unpaired) electrons. The van der Waals surface area contributed by atoms with E-state index in [4.69, 9.17) is 4.74 Å². The Bertz CT molecular complexity index is 714. The predicted molar refractivity (Wildman–Crippen MR) is 106 cm³/mol. The van der Waals surface area contributed by atoms with Gasteiger partial charge in [0.1, 0.15) is 0 Å². The van der Waals surface area contributed by atoms with Crippen LogP contribution in [0, 0.1) is 10.1 Å². The van der Waals surface area contributed by atoms with Gasteiger partial charge in [-0.15, -0.1) is 0 Å². The van der Waals surface area contributed by atoms with Crippen molar-refractivity contribution in [2.24, 2.45) is 0 Å². The van der Waals surface area contributed by atoms with Crippen LogP contribution in [0.2, 0.25) is 0 Å². The van der Waals surface area contributed by atoms with E-state index in [2.05, 4.69) is 25.7 Å². The lowest BCUT2D eigenvalue weighted by Crippen LogP contribution is -2.54. The number of hydrogen-bond acceptors (Lipinski definition) is 6. The number of piperidine rings is 1. The quantitative estimate of drug-likeness (QED) is 0.528. The third-order valence-electron chi connectivity index (χ3n) is 5.53. The molecule has 1 amide bonds. The highest BCUT2D eigenvalue weighted by Crippen LogP contribution is 2.39. The van der Waals surface area contributed by atoms with Gasteiger partial charge in [0.2, 0.25) is 5.91 Å². The molecule has 0 N–H and O–H groups in total. The number of benzene rings is 1. The summed E-state index contributed by atoms with van der Waals surface area (Å²) in [4.78, 5) is 28.9. The van der Waals surface area contributed by atoms with Crippen molar-refractivity contribution in [3.8, 4) is 5.75 Å². The lowest BCUT2D eigenvalue weighted by Gasteiger charge is -2.43. The number of piperazine rings is 1. The molecule has 2 aliphatic rings. The summed E-state index contributed by atoms with van der Waals surface area (Å²) in [5, 5.41) is 11.2. The summed E-state index contributed by atoms with van der Waals surface area (Å²) in [7, 11) is 1.45. The maximum atomic E-state index is 11.5. The van der Waals surface area contributed by atoms with Crippen molar-refractivity contribution in [3.05, 3.63) is 26.7 Å². The Morgan fingerprint density at radius 2 is 1.81 bits per heavy atom. The Morgan fingerprint density at radius 3 is 2.33 bits per heavy atom. The lowest BCUT2D eigenvalue weighted by molar-refractivity contribution is -0.385. The summed E-state index contributed by atoms with van der Waals surface area (Å²) in [5.74, 6) is 0.433. The first kappa shape index (κ1) is 19.9. The van der Waals surface area contributed by atoms with Crippen LogP contribution in [0.1, 0.15) is 19.8 Å². The van der Waals surface area contributed by atoms with E-state index in [1.165, 1.54) is 13.2 Å². The Balaban J connectivity index is 1.63. The van der Waals surface area contributed by atoms with E-state index in [1.54, 1.807) is 13.0 Å². The van der Waals surface area contributed by atoms with E-state index in [0.717, 1.165) is 57.8 Å². The molecule has 2 fully saturated rings. The maximum absolute atomic E-state index is 11.5. The Kier molecular flexibility index (Phi) is 6.21. The first-order valence-corrected chi connectivity index (χ1v) is 9.96. The molecule has 9 heteroatoms. The fourth-order valence-corrected chi connectivity index (χ4v) is 4.54. The Labute approximate surface area is 167 Å². The molecule has 2 heterocycles. The zero-order valence-electron chi connectivity index (χ0n) is 15.7. The van der Waals surface area contributed by atoms with E-state index < -0.39 is 4.92 Å². The van der Waals surface area contributed by atoms with Crippen molar-refractivity contribution in [1.29, 1.82) is 0 Å². The maximum Gasteiger partial charge on any atom is 0.312 e. The van der Waals surface area contributed by atoms with Gasteiger partial charge in [-0.25, -0.2) is 0 Å². The van der Waals surface area contributed by atoms with Crippen LogP contribution >= 0.6 is 15.9 Å². The minimum atomic E-state index is -0.430. The third kappa shape index (κ3) is 4.35. The lowest BCUT2D eigenvalue weighted by atomic mass is 10.0. The molecule has 148 valence electrons. The second-order valence-corrected chi connectivity index (χ2v) is 7.85. The van der Waals surface area contributed by atoms with E-state index in [1.807, 2.05) is 4.90 Å². The summed E-state index contributed by atoms with van der Waals surface area (Å²) in [6, 6.07) is 3.78. The summed E-state index contributed by atoms with van der Waals surface area (Å²) in [6.45, 7) is 6.87. The van der Waals surface area contributed by atoms with Crippen molar-refractivity contribution in [2.45, 2.75) is 25.8 Å². The average Bonchev–Trinajstić information content (AvgIpc) is 2.68. The summed E-state index contributed by atoms with van der Waals surface area (Å²) < 4.78 is 5.92. The fourth-order valence-electron chi connectivity index (χ4n) is 3.95. The van der Waals surface area contributed by atoms with Crippen LogP contribution in [0.4, 0.5) is 11.4 Å². The van der Waals surface area contributed by atoms with Crippen molar-refractivity contribution < 1.29 is 14.5 Å². The minimum absolute atomic E-state index is 0.0358. The number of methoxy groups -OCH3 is 1. The van der Waals surface area contributed by atoms with Crippen LogP contribution in [0.25, 0.3) is 0 Å². The van der Waals surface area contributed by atoms with Crippen LogP contribution in [0.5, 0.6) is 5.75 Å².